The Morgan fingerprint density at radius 3 is 2.47 bits per heavy atom. The highest BCUT2D eigenvalue weighted by atomic mass is 32.1. The van der Waals surface area contributed by atoms with E-state index < -0.39 is 0 Å². The number of thiophene rings is 1. The molecule has 0 fully saturated rings. The molecule has 0 saturated heterocycles. The highest BCUT2D eigenvalue weighted by Crippen LogP contribution is 2.31. The van der Waals surface area contributed by atoms with Gasteiger partial charge in [0.05, 0.1) is 38.9 Å². The van der Waals surface area contributed by atoms with Crippen LogP contribution in [0, 0.1) is 0 Å². The van der Waals surface area contributed by atoms with Gasteiger partial charge in [-0.15, -0.1) is 11.3 Å². The number of H-pyrrole nitrogens is 1. The van der Waals surface area contributed by atoms with Crippen LogP contribution in [0.1, 0.15) is 29.0 Å². The van der Waals surface area contributed by atoms with Crippen molar-refractivity contribution in [2.75, 3.05) is 14.2 Å². The maximum atomic E-state index is 13.0. The normalized spacial score (nSPS) is 11.7. The van der Waals surface area contributed by atoms with E-state index in [9.17, 15) is 4.79 Å². The van der Waals surface area contributed by atoms with Gasteiger partial charge in [-0.25, -0.2) is 0 Å². The van der Waals surface area contributed by atoms with Crippen LogP contribution in [0.4, 0.5) is 0 Å². The monoisotopic (exact) mass is 493 g/mol. The zero-order valence-corrected chi connectivity index (χ0v) is 21.0. The van der Waals surface area contributed by atoms with Crippen molar-refractivity contribution in [2.24, 2.45) is 0 Å². The third-order valence-corrected chi connectivity index (χ3v) is 6.88. The summed E-state index contributed by atoms with van der Waals surface area (Å²) < 4.78 is 10.8. The molecule has 0 radical (unpaired) electrons. The lowest BCUT2D eigenvalue weighted by atomic mass is 10.1. The van der Waals surface area contributed by atoms with Gasteiger partial charge in [0.2, 0.25) is 0 Å². The fourth-order valence-electron chi connectivity index (χ4n) is 3.79. The summed E-state index contributed by atoms with van der Waals surface area (Å²) >= 11 is 7.47. The van der Waals surface area contributed by atoms with Gasteiger partial charge in [-0.05, 0) is 48.3 Å². The summed E-state index contributed by atoms with van der Waals surface area (Å²) in [5.41, 5.74) is 2.29. The van der Waals surface area contributed by atoms with Crippen LogP contribution in [-0.2, 0) is 13.1 Å². The molecule has 0 bridgehead atoms. The molecule has 2 N–H and O–H groups in total. The minimum absolute atomic E-state index is 0.0335. The Balaban J connectivity index is 1.63. The lowest BCUT2D eigenvalue weighted by molar-refractivity contribution is 0.355. The van der Waals surface area contributed by atoms with Crippen molar-refractivity contribution in [3.05, 3.63) is 92.4 Å². The number of aromatic nitrogens is 1. The standard InChI is InChI=1S/C26H27N3O3S2/c1-17(18-8-5-4-6-9-18)27-26(33)29(16-21-10-7-11-34-21)15-20-12-19-13-23(31-2)24(32-3)14-22(19)28-25(20)30/h4-14,17H,15-16H2,1-3H3,(H,27,33)(H,28,30)/t17-/m1/s1. The highest BCUT2D eigenvalue weighted by Gasteiger charge is 2.17. The van der Waals surface area contributed by atoms with Crippen molar-refractivity contribution < 1.29 is 9.47 Å². The first-order valence-electron chi connectivity index (χ1n) is 10.9. The molecule has 2 aromatic heterocycles. The fraction of sp³-hybridized carbons (Fsp3) is 0.231. The van der Waals surface area contributed by atoms with Crippen molar-refractivity contribution in [1.29, 1.82) is 0 Å². The minimum atomic E-state index is -0.158. The lowest BCUT2D eigenvalue weighted by Gasteiger charge is -2.28. The number of rotatable bonds is 8. The number of fused-ring (bicyclic) bond motifs is 1. The average molecular weight is 494 g/mol. The number of ether oxygens (including phenoxy) is 2. The first-order valence-corrected chi connectivity index (χ1v) is 12.2. The largest absolute Gasteiger partial charge is 0.493 e. The zero-order valence-electron chi connectivity index (χ0n) is 19.3. The molecule has 176 valence electrons. The Hall–Kier alpha value is -3.36. The molecule has 6 nitrogen and oxygen atoms in total. The maximum absolute atomic E-state index is 13.0. The van der Waals surface area contributed by atoms with E-state index in [1.165, 1.54) is 4.88 Å². The minimum Gasteiger partial charge on any atom is -0.493 e. The summed E-state index contributed by atoms with van der Waals surface area (Å²) in [6.07, 6.45) is 0. The van der Waals surface area contributed by atoms with Crippen molar-refractivity contribution in [3.63, 3.8) is 0 Å². The molecular weight excluding hydrogens is 466 g/mol. The Bertz CT molecular complexity index is 1320. The molecule has 2 heterocycles. The second-order valence-electron chi connectivity index (χ2n) is 7.94. The van der Waals surface area contributed by atoms with Crippen molar-refractivity contribution in [1.82, 2.24) is 15.2 Å². The summed E-state index contributed by atoms with van der Waals surface area (Å²) in [4.78, 5) is 19.1. The Morgan fingerprint density at radius 1 is 1.06 bits per heavy atom. The Morgan fingerprint density at radius 2 is 1.79 bits per heavy atom. The van der Waals surface area contributed by atoms with Gasteiger partial charge in [-0.3, -0.25) is 4.79 Å². The molecule has 0 saturated carbocycles. The number of nitrogens with zero attached hydrogens (tertiary/aromatic N) is 1. The topological polar surface area (TPSA) is 66.6 Å². The van der Waals surface area contributed by atoms with E-state index >= 15 is 0 Å². The number of thiocarbonyl (C=S) groups is 1. The van der Waals surface area contributed by atoms with Crippen molar-refractivity contribution in [3.8, 4) is 11.5 Å². The van der Waals surface area contributed by atoms with Gasteiger partial charge in [-0.2, -0.15) is 0 Å². The average Bonchev–Trinajstić information content (AvgIpc) is 3.37. The van der Waals surface area contributed by atoms with Crippen LogP contribution >= 0.6 is 23.6 Å². The number of benzene rings is 2. The number of nitrogens with one attached hydrogen (secondary N) is 2. The molecule has 0 unspecified atom stereocenters. The first kappa shape index (κ1) is 23.8. The van der Waals surface area contributed by atoms with Crippen molar-refractivity contribution >= 4 is 39.6 Å². The molecule has 1 atom stereocenters. The smallest absolute Gasteiger partial charge is 0.253 e. The quantitative estimate of drug-likeness (QED) is 0.327. The van der Waals surface area contributed by atoms with Crippen LogP contribution in [0.3, 0.4) is 0 Å². The Labute approximate surface area is 208 Å². The molecule has 34 heavy (non-hydrogen) atoms. The van der Waals surface area contributed by atoms with E-state index in [4.69, 9.17) is 21.7 Å². The second-order valence-corrected chi connectivity index (χ2v) is 9.35. The summed E-state index contributed by atoms with van der Waals surface area (Å²) in [5, 5.41) is 6.93. The van der Waals surface area contributed by atoms with Crippen molar-refractivity contribution in [2.45, 2.75) is 26.1 Å². The third-order valence-electron chi connectivity index (χ3n) is 5.64. The second kappa shape index (κ2) is 10.7. The summed E-state index contributed by atoms with van der Waals surface area (Å²) in [6, 6.07) is 19.8. The van der Waals surface area contributed by atoms with Gasteiger partial charge in [0.25, 0.3) is 5.56 Å². The SMILES string of the molecule is COc1cc2cc(CN(Cc3cccs3)C(=S)N[C@H](C)c3ccccc3)c(=O)[nH]c2cc1OC. The molecule has 0 amide bonds. The molecule has 0 aliphatic rings. The van der Waals surface area contributed by atoms with Crippen LogP contribution in [0.15, 0.2) is 70.8 Å². The summed E-state index contributed by atoms with van der Waals surface area (Å²) in [5.74, 6) is 1.18. The number of hydrogen-bond acceptors (Lipinski definition) is 5. The number of aromatic amines is 1. The molecule has 2 aromatic carbocycles. The predicted octanol–water partition coefficient (Wildman–Crippen LogP) is 5.24. The van der Waals surface area contributed by atoms with Crippen LogP contribution < -0.4 is 20.3 Å². The zero-order chi connectivity index (χ0) is 24.1. The van der Waals surface area contributed by atoms with Crippen LogP contribution in [0.5, 0.6) is 11.5 Å². The lowest BCUT2D eigenvalue weighted by Crippen LogP contribution is -2.40. The van der Waals surface area contributed by atoms with Crippen LogP contribution in [0.25, 0.3) is 10.9 Å². The van der Waals surface area contributed by atoms with E-state index in [0.717, 1.165) is 10.9 Å². The van der Waals surface area contributed by atoms with Gasteiger partial charge >= 0.3 is 0 Å². The number of pyridine rings is 1. The summed E-state index contributed by atoms with van der Waals surface area (Å²) in [6.45, 7) is 3.05. The third kappa shape index (κ3) is 5.40. The van der Waals surface area contributed by atoms with E-state index in [2.05, 4.69) is 35.4 Å². The van der Waals surface area contributed by atoms with Gasteiger partial charge in [0.15, 0.2) is 16.6 Å². The molecule has 4 rings (SSSR count). The van der Waals surface area contributed by atoms with Gasteiger partial charge in [0.1, 0.15) is 0 Å². The summed E-state index contributed by atoms with van der Waals surface area (Å²) in [7, 11) is 3.17. The van der Waals surface area contributed by atoms with Gasteiger partial charge < -0.3 is 24.7 Å². The van der Waals surface area contributed by atoms with E-state index in [0.29, 0.717) is 40.8 Å². The van der Waals surface area contributed by atoms with E-state index in [1.54, 1.807) is 31.6 Å². The van der Waals surface area contributed by atoms with Crippen LogP contribution in [-0.4, -0.2) is 29.2 Å². The molecule has 0 spiro atoms. The van der Waals surface area contributed by atoms with E-state index in [1.807, 2.05) is 46.7 Å². The van der Waals surface area contributed by atoms with Gasteiger partial charge in [0, 0.05) is 21.9 Å². The Kier molecular flexibility index (Phi) is 7.49. The molecule has 4 aromatic rings. The van der Waals surface area contributed by atoms with E-state index in [-0.39, 0.29) is 11.6 Å². The predicted molar refractivity (Wildman–Crippen MR) is 142 cm³/mol. The fourth-order valence-corrected chi connectivity index (χ4v) is 4.82. The first-order chi connectivity index (χ1) is 16.5. The highest BCUT2D eigenvalue weighted by molar-refractivity contribution is 7.80. The molecule has 0 aliphatic heterocycles. The van der Waals surface area contributed by atoms with Gasteiger partial charge in [-0.1, -0.05) is 36.4 Å². The molecular formula is C26H27N3O3S2. The van der Waals surface area contributed by atoms with Crippen LogP contribution in [0.2, 0.25) is 0 Å². The molecule has 0 aliphatic carbocycles. The number of hydrogen-bond donors (Lipinski definition) is 2. The maximum Gasteiger partial charge on any atom is 0.253 e. The molecule has 8 heteroatoms. The number of methoxy groups -OCH3 is 2.